The second-order valence-corrected chi connectivity index (χ2v) is 6.58. The number of aromatic nitrogens is 1. The van der Waals surface area contributed by atoms with Crippen LogP contribution in [0.4, 0.5) is 10.1 Å². The Morgan fingerprint density at radius 3 is 2.62 bits per heavy atom. The van der Waals surface area contributed by atoms with Crippen LogP contribution in [-0.2, 0) is 6.61 Å². The van der Waals surface area contributed by atoms with Crippen molar-refractivity contribution >= 4 is 18.3 Å². The molecule has 0 bridgehead atoms. The van der Waals surface area contributed by atoms with Gasteiger partial charge >= 0.3 is 7.12 Å². The minimum absolute atomic E-state index is 0.115. The normalized spacial score (nSPS) is 9.66. The molecule has 3 aromatic rings. The molecule has 3 rings (SSSR count). The molecule has 0 aliphatic carbocycles. The highest BCUT2D eigenvalue weighted by atomic mass is 19.1. The van der Waals surface area contributed by atoms with Gasteiger partial charge in [0, 0.05) is 30.8 Å². The van der Waals surface area contributed by atoms with E-state index in [-0.39, 0.29) is 17.0 Å². The highest BCUT2D eigenvalue weighted by Gasteiger charge is 2.14. The van der Waals surface area contributed by atoms with Crippen LogP contribution in [0.15, 0.2) is 60.8 Å². The number of ether oxygens (including phenoxy) is 1. The van der Waals surface area contributed by atoms with E-state index in [2.05, 4.69) is 16.8 Å². The van der Waals surface area contributed by atoms with Gasteiger partial charge < -0.3 is 14.8 Å². The lowest BCUT2D eigenvalue weighted by molar-refractivity contribution is -0.384. The van der Waals surface area contributed by atoms with E-state index in [0.717, 1.165) is 23.7 Å². The minimum Gasteiger partial charge on any atom is -0.486 e. The Kier molecular flexibility index (Phi) is 9.35. The molecule has 2 N–H and O–H groups in total. The molecule has 32 heavy (non-hydrogen) atoms. The van der Waals surface area contributed by atoms with Crippen molar-refractivity contribution in [2.75, 3.05) is 0 Å². The van der Waals surface area contributed by atoms with Gasteiger partial charge in [-0.25, -0.2) is 4.39 Å². The lowest BCUT2D eigenvalue weighted by atomic mass is 9.80. The van der Waals surface area contributed by atoms with Crippen molar-refractivity contribution < 1.29 is 24.1 Å². The van der Waals surface area contributed by atoms with Crippen molar-refractivity contribution in [1.29, 1.82) is 0 Å². The van der Waals surface area contributed by atoms with Gasteiger partial charge in [0.25, 0.3) is 5.69 Å². The number of non-ortho nitro benzene ring substituents is 1. The largest absolute Gasteiger partial charge is 0.488 e. The first-order chi connectivity index (χ1) is 15.3. The fraction of sp³-hybridized carbons (Fsp3) is 0.174. The number of pyridine rings is 1. The predicted octanol–water partition coefficient (Wildman–Crippen LogP) is 3.14. The van der Waals surface area contributed by atoms with E-state index < -0.39 is 12.0 Å². The summed E-state index contributed by atoms with van der Waals surface area (Å²) in [5, 5.41) is 27.5. The standard InChI is InChI=1S/C17H16FNO.C6H6BNO4/c1-3-4-7-14-8-9-15(18)11-17(14)20-12-16-13(2)6-5-10-19-16;9-7(10)5-2-1-3-6(4-5)8(11)12/h5-6,8-11H,3,12H2,1-2H3;1-4,9-10H. The average molecular weight is 436 g/mol. The van der Waals surface area contributed by atoms with Crippen molar-refractivity contribution in [2.45, 2.75) is 26.9 Å². The Hall–Kier alpha value is -3.74. The number of nitrogens with zero attached hydrogens (tertiary/aromatic N) is 2. The van der Waals surface area contributed by atoms with Crippen LogP contribution in [0.1, 0.15) is 30.2 Å². The van der Waals surface area contributed by atoms with Crippen LogP contribution >= 0.6 is 0 Å². The molecule has 0 aliphatic rings. The van der Waals surface area contributed by atoms with Crippen LogP contribution in [0.2, 0.25) is 0 Å². The maximum Gasteiger partial charge on any atom is 0.488 e. The zero-order valence-electron chi connectivity index (χ0n) is 17.7. The number of nitro groups is 1. The van der Waals surface area contributed by atoms with Crippen LogP contribution in [0.25, 0.3) is 0 Å². The summed E-state index contributed by atoms with van der Waals surface area (Å²) in [6.45, 7) is 4.24. The van der Waals surface area contributed by atoms with Gasteiger partial charge in [-0.3, -0.25) is 15.1 Å². The third-order valence-corrected chi connectivity index (χ3v) is 4.20. The summed E-state index contributed by atoms with van der Waals surface area (Å²) in [4.78, 5) is 13.9. The average Bonchev–Trinajstić information content (AvgIpc) is 2.78. The van der Waals surface area contributed by atoms with Gasteiger partial charge in [0.15, 0.2) is 0 Å². The summed E-state index contributed by atoms with van der Waals surface area (Å²) in [5.41, 5.74) is 2.54. The number of hydrogen-bond acceptors (Lipinski definition) is 6. The predicted molar refractivity (Wildman–Crippen MR) is 120 cm³/mol. The smallest absolute Gasteiger partial charge is 0.486 e. The van der Waals surface area contributed by atoms with Gasteiger partial charge in [-0.1, -0.05) is 37.0 Å². The second kappa shape index (κ2) is 12.2. The third kappa shape index (κ3) is 7.50. The highest BCUT2D eigenvalue weighted by Crippen LogP contribution is 2.20. The first-order valence-corrected chi connectivity index (χ1v) is 9.74. The van der Waals surface area contributed by atoms with Crippen LogP contribution in [0.3, 0.4) is 0 Å². The van der Waals surface area contributed by atoms with Crippen LogP contribution in [0.5, 0.6) is 5.75 Å². The van der Waals surface area contributed by atoms with E-state index in [0.29, 0.717) is 17.9 Å². The second-order valence-electron chi connectivity index (χ2n) is 6.58. The van der Waals surface area contributed by atoms with E-state index in [9.17, 15) is 14.5 Å². The molecule has 9 heteroatoms. The Morgan fingerprint density at radius 1 is 1.19 bits per heavy atom. The molecule has 0 unspecified atom stereocenters. The van der Waals surface area contributed by atoms with E-state index in [1.54, 1.807) is 12.3 Å². The zero-order valence-corrected chi connectivity index (χ0v) is 17.7. The van der Waals surface area contributed by atoms with Gasteiger partial charge in [-0.05, 0) is 36.1 Å². The quantitative estimate of drug-likeness (QED) is 0.276. The minimum atomic E-state index is -1.66. The molecule has 0 saturated heterocycles. The number of hydrogen-bond donors (Lipinski definition) is 2. The number of aryl methyl sites for hydroxylation is 1. The summed E-state index contributed by atoms with van der Waals surface area (Å²) in [6, 6.07) is 13.4. The lowest BCUT2D eigenvalue weighted by Crippen LogP contribution is -2.29. The zero-order chi connectivity index (χ0) is 23.5. The Balaban J connectivity index is 0.000000258. The summed E-state index contributed by atoms with van der Waals surface area (Å²) in [5.74, 6) is 6.07. The Morgan fingerprint density at radius 2 is 1.97 bits per heavy atom. The number of nitro benzene ring substituents is 1. The van der Waals surface area contributed by atoms with Crippen molar-refractivity contribution in [3.63, 3.8) is 0 Å². The third-order valence-electron chi connectivity index (χ3n) is 4.20. The molecule has 164 valence electrons. The van der Waals surface area contributed by atoms with E-state index in [4.69, 9.17) is 14.8 Å². The summed E-state index contributed by atoms with van der Waals surface area (Å²) in [6.07, 6.45) is 2.46. The SMILES string of the molecule is CCC#Cc1ccc(F)cc1OCc1ncccc1C.O=[N+]([O-])c1cccc(B(O)O)c1. The Labute approximate surface area is 185 Å². The number of halogens is 1. The molecule has 0 spiro atoms. The maximum absolute atomic E-state index is 13.3. The summed E-state index contributed by atoms with van der Waals surface area (Å²) < 4.78 is 19.0. The summed E-state index contributed by atoms with van der Waals surface area (Å²) in [7, 11) is -1.66. The van der Waals surface area contributed by atoms with Gasteiger partial charge in [0.1, 0.15) is 18.2 Å². The maximum atomic E-state index is 13.3. The van der Waals surface area contributed by atoms with E-state index in [1.165, 1.54) is 30.3 Å². The van der Waals surface area contributed by atoms with E-state index in [1.807, 2.05) is 26.0 Å². The molecule has 0 radical (unpaired) electrons. The van der Waals surface area contributed by atoms with Crippen molar-refractivity contribution in [3.8, 4) is 17.6 Å². The number of rotatable bonds is 5. The first-order valence-electron chi connectivity index (χ1n) is 9.74. The topological polar surface area (TPSA) is 106 Å². The fourth-order valence-corrected chi connectivity index (χ4v) is 2.52. The van der Waals surface area contributed by atoms with E-state index >= 15 is 0 Å². The fourth-order valence-electron chi connectivity index (χ4n) is 2.52. The molecule has 1 aromatic heterocycles. The van der Waals surface area contributed by atoms with Gasteiger partial charge in [-0.15, -0.1) is 0 Å². The molecular weight excluding hydrogens is 414 g/mol. The van der Waals surface area contributed by atoms with Crippen LogP contribution < -0.4 is 10.2 Å². The lowest BCUT2D eigenvalue weighted by Gasteiger charge is -2.09. The van der Waals surface area contributed by atoms with Crippen molar-refractivity contribution in [1.82, 2.24) is 4.98 Å². The van der Waals surface area contributed by atoms with Crippen LogP contribution in [0, 0.1) is 34.7 Å². The van der Waals surface area contributed by atoms with Crippen molar-refractivity contribution in [3.05, 3.63) is 93.5 Å². The van der Waals surface area contributed by atoms with Gasteiger partial charge in [0.05, 0.1) is 16.2 Å². The molecule has 7 nitrogen and oxygen atoms in total. The monoisotopic (exact) mass is 436 g/mol. The molecular formula is C23H22BFN2O5. The summed E-state index contributed by atoms with van der Waals surface area (Å²) >= 11 is 0. The molecule has 2 aromatic carbocycles. The number of benzene rings is 2. The first kappa shape index (κ1) is 24.5. The molecule has 0 aliphatic heterocycles. The van der Waals surface area contributed by atoms with Gasteiger partial charge in [-0.2, -0.15) is 0 Å². The molecule has 1 heterocycles. The van der Waals surface area contributed by atoms with Gasteiger partial charge in [0.2, 0.25) is 0 Å². The van der Waals surface area contributed by atoms with Crippen LogP contribution in [-0.4, -0.2) is 27.1 Å². The highest BCUT2D eigenvalue weighted by molar-refractivity contribution is 6.58. The molecule has 0 saturated carbocycles. The molecule has 0 atom stereocenters. The Bertz CT molecular complexity index is 1130. The molecule has 0 amide bonds. The molecule has 0 fully saturated rings. The van der Waals surface area contributed by atoms with Crippen molar-refractivity contribution in [2.24, 2.45) is 0 Å².